The van der Waals surface area contributed by atoms with Crippen molar-refractivity contribution in [1.82, 2.24) is 15.6 Å². The maximum absolute atomic E-state index is 5.38. The fraction of sp³-hybridized carbons (Fsp3) is 0.500. The molecule has 0 amide bonds. The van der Waals surface area contributed by atoms with E-state index in [9.17, 15) is 0 Å². The highest BCUT2D eigenvalue weighted by molar-refractivity contribution is 7.80. The number of quaternary nitrogens is 1. The number of H-pyrrole nitrogens is 1. The molecule has 1 aliphatic rings. The van der Waals surface area contributed by atoms with Gasteiger partial charge in [0.15, 0.2) is 5.11 Å². The van der Waals surface area contributed by atoms with Gasteiger partial charge in [0.05, 0.1) is 19.8 Å². The molecule has 6 heteroatoms. The first-order valence-electron chi connectivity index (χ1n) is 8.81. The van der Waals surface area contributed by atoms with E-state index in [0.717, 1.165) is 57.3 Å². The predicted molar refractivity (Wildman–Crippen MR) is 102 cm³/mol. The van der Waals surface area contributed by atoms with Crippen LogP contribution >= 0.6 is 12.2 Å². The zero-order valence-electron chi connectivity index (χ0n) is 14.1. The molecular weight excluding hydrogens is 320 g/mol. The Hall–Kier alpha value is -1.63. The van der Waals surface area contributed by atoms with Gasteiger partial charge in [-0.1, -0.05) is 18.2 Å². The van der Waals surface area contributed by atoms with Crippen LogP contribution in [0.25, 0.3) is 10.9 Å². The summed E-state index contributed by atoms with van der Waals surface area (Å²) in [5.41, 5.74) is 2.52. The van der Waals surface area contributed by atoms with Crippen molar-refractivity contribution in [2.75, 3.05) is 45.9 Å². The normalized spacial score (nSPS) is 15.5. The van der Waals surface area contributed by atoms with Crippen molar-refractivity contribution in [2.24, 2.45) is 0 Å². The Morgan fingerprint density at radius 2 is 1.96 bits per heavy atom. The van der Waals surface area contributed by atoms with Gasteiger partial charge in [0.2, 0.25) is 0 Å². The molecule has 24 heavy (non-hydrogen) atoms. The fourth-order valence-electron chi connectivity index (χ4n) is 3.16. The minimum Gasteiger partial charge on any atom is -0.370 e. The van der Waals surface area contributed by atoms with Gasteiger partial charge in [-0.05, 0) is 30.3 Å². The topological polar surface area (TPSA) is 53.5 Å². The molecule has 0 aliphatic carbocycles. The summed E-state index contributed by atoms with van der Waals surface area (Å²) in [4.78, 5) is 4.95. The van der Waals surface area contributed by atoms with E-state index in [0.29, 0.717) is 0 Å². The molecule has 0 saturated carbocycles. The molecule has 0 spiro atoms. The SMILES string of the molecule is S=C(NCCC[NH+]1CCOCC1)NCCc1c[nH]c2ccccc12. The van der Waals surface area contributed by atoms with E-state index in [2.05, 4.69) is 46.1 Å². The first-order valence-corrected chi connectivity index (χ1v) is 9.22. The van der Waals surface area contributed by atoms with Gasteiger partial charge in [0.25, 0.3) is 0 Å². The summed E-state index contributed by atoms with van der Waals surface area (Å²) in [6, 6.07) is 8.40. The molecular formula is C18H27N4OS+. The quantitative estimate of drug-likeness (QED) is 0.435. The number of morpholine rings is 1. The second kappa shape index (κ2) is 9.01. The summed E-state index contributed by atoms with van der Waals surface area (Å²) < 4.78 is 5.38. The number of aromatic amines is 1. The van der Waals surface area contributed by atoms with Crippen molar-refractivity contribution in [2.45, 2.75) is 12.8 Å². The van der Waals surface area contributed by atoms with Crippen molar-refractivity contribution in [1.29, 1.82) is 0 Å². The number of benzene rings is 1. The summed E-state index contributed by atoms with van der Waals surface area (Å²) in [5.74, 6) is 0. The van der Waals surface area contributed by atoms with Gasteiger partial charge in [0.1, 0.15) is 13.1 Å². The van der Waals surface area contributed by atoms with E-state index in [1.807, 2.05) is 0 Å². The summed E-state index contributed by atoms with van der Waals surface area (Å²) in [5, 5.41) is 8.67. The van der Waals surface area contributed by atoms with E-state index in [1.54, 1.807) is 4.90 Å². The molecule has 2 heterocycles. The Balaban J connectivity index is 1.30. The Bertz CT molecular complexity index is 651. The summed E-state index contributed by atoms with van der Waals surface area (Å²) in [6.07, 6.45) is 4.19. The highest BCUT2D eigenvalue weighted by Crippen LogP contribution is 2.17. The summed E-state index contributed by atoms with van der Waals surface area (Å²) in [7, 11) is 0. The van der Waals surface area contributed by atoms with E-state index < -0.39 is 0 Å². The predicted octanol–water partition coefficient (Wildman–Crippen LogP) is 0.480. The van der Waals surface area contributed by atoms with Gasteiger partial charge in [-0.3, -0.25) is 0 Å². The van der Waals surface area contributed by atoms with Crippen LogP contribution < -0.4 is 15.5 Å². The van der Waals surface area contributed by atoms with E-state index in [-0.39, 0.29) is 0 Å². The lowest BCUT2D eigenvalue weighted by molar-refractivity contribution is -0.908. The van der Waals surface area contributed by atoms with Crippen LogP contribution in [0.15, 0.2) is 30.5 Å². The number of ether oxygens (including phenoxy) is 1. The van der Waals surface area contributed by atoms with E-state index in [1.165, 1.54) is 23.0 Å². The molecule has 0 bridgehead atoms. The van der Waals surface area contributed by atoms with Crippen LogP contribution in [-0.4, -0.2) is 56.0 Å². The Morgan fingerprint density at radius 3 is 2.83 bits per heavy atom. The van der Waals surface area contributed by atoms with E-state index in [4.69, 9.17) is 17.0 Å². The summed E-state index contributed by atoms with van der Waals surface area (Å²) >= 11 is 5.36. The van der Waals surface area contributed by atoms with Crippen LogP contribution in [0.3, 0.4) is 0 Å². The number of nitrogens with one attached hydrogen (secondary N) is 4. The van der Waals surface area contributed by atoms with Gasteiger partial charge < -0.3 is 25.3 Å². The molecule has 2 aromatic rings. The third kappa shape index (κ3) is 4.93. The average Bonchev–Trinajstić information content (AvgIpc) is 3.03. The van der Waals surface area contributed by atoms with Crippen LogP contribution in [0.2, 0.25) is 0 Å². The van der Waals surface area contributed by atoms with Crippen LogP contribution in [0.4, 0.5) is 0 Å². The maximum atomic E-state index is 5.38. The molecule has 130 valence electrons. The molecule has 0 radical (unpaired) electrons. The zero-order valence-corrected chi connectivity index (χ0v) is 14.9. The minimum atomic E-state index is 0.756. The number of hydrogen-bond donors (Lipinski definition) is 4. The molecule has 1 fully saturated rings. The molecule has 4 N–H and O–H groups in total. The molecule has 1 aromatic carbocycles. The maximum Gasteiger partial charge on any atom is 0.166 e. The molecule has 0 unspecified atom stereocenters. The molecule has 1 aliphatic heterocycles. The lowest BCUT2D eigenvalue weighted by Crippen LogP contribution is -3.14. The van der Waals surface area contributed by atoms with Gasteiger partial charge in [-0.25, -0.2) is 0 Å². The Labute approximate surface area is 148 Å². The van der Waals surface area contributed by atoms with Gasteiger partial charge in [-0.2, -0.15) is 0 Å². The number of hydrogen-bond acceptors (Lipinski definition) is 2. The largest absolute Gasteiger partial charge is 0.370 e. The van der Waals surface area contributed by atoms with Crippen LogP contribution in [0.5, 0.6) is 0 Å². The highest BCUT2D eigenvalue weighted by Gasteiger charge is 2.12. The van der Waals surface area contributed by atoms with Crippen LogP contribution in [-0.2, 0) is 11.2 Å². The third-order valence-corrected chi connectivity index (χ3v) is 4.84. The van der Waals surface area contributed by atoms with Crippen molar-refractivity contribution in [3.05, 3.63) is 36.0 Å². The van der Waals surface area contributed by atoms with Crippen molar-refractivity contribution < 1.29 is 9.64 Å². The van der Waals surface area contributed by atoms with Gasteiger partial charge in [-0.15, -0.1) is 0 Å². The monoisotopic (exact) mass is 347 g/mol. The second-order valence-electron chi connectivity index (χ2n) is 6.26. The van der Waals surface area contributed by atoms with E-state index >= 15 is 0 Å². The van der Waals surface area contributed by atoms with Crippen LogP contribution in [0.1, 0.15) is 12.0 Å². The number of thiocarbonyl (C=S) groups is 1. The molecule has 3 rings (SSSR count). The van der Waals surface area contributed by atoms with Gasteiger partial charge in [0, 0.05) is 36.6 Å². The van der Waals surface area contributed by atoms with Crippen molar-refractivity contribution in [3.8, 4) is 0 Å². The molecule has 0 atom stereocenters. The van der Waals surface area contributed by atoms with Crippen molar-refractivity contribution in [3.63, 3.8) is 0 Å². The number of aromatic nitrogens is 1. The standard InChI is InChI=1S/C18H26N4OS/c24-18(19-7-3-9-22-10-12-23-13-11-22)20-8-6-15-14-21-17-5-2-1-4-16(15)17/h1-2,4-5,14,21H,3,6-13H2,(H2,19,20,24)/p+1. The summed E-state index contributed by atoms with van der Waals surface area (Å²) in [6.45, 7) is 7.04. The first kappa shape index (κ1) is 17.2. The lowest BCUT2D eigenvalue weighted by Gasteiger charge is -2.23. The van der Waals surface area contributed by atoms with Gasteiger partial charge >= 0.3 is 0 Å². The Kier molecular flexibility index (Phi) is 6.46. The fourth-order valence-corrected chi connectivity index (χ4v) is 3.37. The van der Waals surface area contributed by atoms with Crippen LogP contribution in [0, 0.1) is 0 Å². The number of rotatable bonds is 7. The smallest absolute Gasteiger partial charge is 0.166 e. The second-order valence-corrected chi connectivity index (χ2v) is 6.67. The Morgan fingerprint density at radius 1 is 1.17 bits per heavy atom. The molecule has 1 saturated heterocycles. The average molecular weight is 348 g/mol. The number of fused-ring (bicyclic) bond motifs is 1. The zero-order chi connectivity index (χ0) is 16.6. The molecule has 5 nitrogen and oxygen atoms in total. The highest BCUT2D eigenvalue weighted by atomic mass is 32.1. The third-order valence-electron chi connectivity index (χ3n) is 4.55. The number of para-hydroxylation sites is 1. The van der Waals surface area contributed by atoms with Crippen molar-refractivity contribution >= 4 is 28.2 Å². The minimum absolute atomic E-state index is 0.756. The first-order chi connectivity index (χ1) is 11.8. The molecule has 1 aromatic heterocycles. The lowest BCUT2D eigenvalue weighted by atomic mass is 10.1.